The Labute approximate surface area is 108 Å². The molecule has 0 radical (unpaired) electrons. The molecule has 1 rings (SSSR count). The second kappa shape index (κ2) is 6.19. The van der Waals surface area contributed by atoms with Crippen molar-refractivity contribution in [2.45, 2.75) is 66.0 Å². The first kappa shape index (κ1) is 15.0. The molecule has 102 valence electrons. The molecule has 1 aliphatic heterocycles. The highest BCUT2D eigenvalue weighted by molar-refractivity contribution is 4.80. The van der Waals surface area contributed by atoms with Gasteiger partial charge in [0.2, 0.25) is 0 Å². The fraction of sp³-hybridized carbons (Fsp3) is 1.00. The van der Waals surface area contributed by atoms with Crippen LogP contribution in [0.25, 0.3) is 0 Å². The number of piperidine rings is 1. The molecule has 3 atom stereocenters. The van der Waals surface area contributed by atoms with Crippen molar-refractivity contribution in [2.24, 2.45) is 11.8 Å². The Morgan fingerprint density at radius 1 is 1.24 bits per heavy atom. The van der Waals surface area contributed by atoms with Crippen LogP contribution in [-0.2, 0) is 0 Å². The molecule has 0 aromatic rings. The van der Waals surface area contributed by atoms with E-state index in [-0.39, 0.29) is 5.54 Å². The lowest BCUT2D eigenvalue weighted by Gasteiger charge is -2.39. The van der Waals surface area contributed by atoms with E-state index < -0.39 is 0 Å². The van der Waals surface area contributed by atoms with Crippen molar-refractivity contribution < 1.29 is 0 Å². The van der Waals surface area contributed by atoms with Gasteiger partial charge in [-0.15, -0.1) is 0 Å². The molecule has 0 aromatic heterocycles. The molecule has 0 spiro atoms. The van der Waals surface area contributed by atoms with Gasteiger partial charge in [-0.2, -0.15) is 0 Å². The average Bonchev–Trinajstić information content (AvgIpc) is 2.20. The van der Waals surface area contributed by atoms with Crippen molar-refractivity contribution in [1.82, 2.24) is 10.2 Å². The van der Waals surface area contributed by atoms with Crippen LogP contribution in [0.2, 0.25) is 0 Å². The summed E-state index contributed by atoms with van der Waals surface area (Å²) in [4.78, 5) is 2.68. The lowest BCUT2D eigenvalue weighted by molar-refractivity contribution is 0.0978. The third-order valence-electron chi connectivity index (χ3n) is 4.21. The van der Waals surface area contributed by atoms with Gasteiger partial charge >= 0.3 is 0 Å². The van der Waals surface area contributed by atoms with E-state index in [0.717, 1.165) is 24.4 Å². The van der Waals surface area contributed by atoms with Crippen molar-refractivity contribution in [3.8, 4) is 0 Å². The molecular weight excluding hydrogens is 208 g/mol. The summed E-state index contributed by atoms with van der Waals surface area (Å²) in [6, 6.07) is 0.722. The Morgan fingerprint density at radius 3 is 2.41 bits per heavy atom. The van der Waals surface area contributed by atoms with E-state index in [1.54, 1.807) is 0 Å². The van der Waals surface area contributed by atoms with Gasteiger partial charge in [-0.1, -0.05) is 13.8 Å². The summed E-state index contributed by atoms with van der Waals surface area (Å²) in [5.74, 6) is 1.77. The number of nitrogens with one attached hydrogen (secondary N) is 1. The SMILES string of the molecule is CC1CCN(C(C)CCNC(C)(C)C)CC1C. The maximum atomic E-state index is 3.59. The normalized spacial score (nSPS) is 29.3. The first-order chi connectivity index (χ1) is 7.79. The minimum absolute atomic E-state index is 0.253. The lowest BCUT2D eigenvalue weighted by Crippen LogP contribution is -2.45. The molecule has 2 nitrogen and oxygen atoms in total. The molecule has 1 aliphatic rings. The van der Waals surface area contributed by atoms with Crippen molar-refractivity contribution in [1.29, 1.82) is 0 Å². The summed E-state index contributed by atoms with van der Waals surface area (Å²) in [7, 11) is 0. The molecule has 1 N–H and O–H groups in total. The fourth-order valence-electron chi connectivity index (χ4n) is 2.53. The molecule has 0 aromatic carbocycles. The average molecular weight is 240 g/mol. The highest BCUT2D eigenvalue weighted by atomic mass is 15.2. The van der Waals surface area contributed by atoms with Crippen molar-refractivity contribution in [3.63, 3.8) is 0 Å². The number of rotatable bonds is 4. The third kappa shape index (κ3) is 5.39. The van der Waals surface area contributed by atoms with Crippen LogP contribution in [0, 0.1) is 11.8 Å². The van der Waals surface area contributed by atoms with Crippen molar-refractivity contribution in [2.75, 3.05) is 19.6 Å². The summed E-state index contributed by atoms with van der Waals surface area (Å²) in [6.45, 7) is 17.6. The summed E-state index contributed by atoms with van der Waals surface area (Å²) < 4.78 is 0. The second-order valence-electron chi connectivity index (χ2n) is 7.05. The Balaban J connectivity index is 2.26. The minimum atomic E-state index is 0.253. The van der Waals surface area contributed by atoms with Crippen LogP contribution in [0.5, 0.6) is 0 Å². The van der Waals surface area contributed by atoms with Crippen LogP contribution >= 0.6 is 0 Å². The van der Waals surface area contributed by atoms with E-state index in [0.29, 0.717) is 0 Å². The molecule has 1 heterocycles. The smallest absolute Gasteiger partial charge is 0.00965 e. The van der Waals surface area contributed by atoms with Crippen molar-refractivity contribution in [3.05, 3.63) is 0 Å². The van der Waals surface area contributed by atoms with Gasteiger partial charge in [0.1, 0.15) is 0 Å². The first-order valence-electron chi connectivity index (χ1n) is 7.28. The van der Waals surface area contributed by atoms with E-state index in [1.165, 1.54) is 25.9 Å². The molecule has 0 bridgehead atoms. The predicted octanol–water partition coefficient (Wildman–Crippen LogP) is 3.13. The largest absolute Gasteiger partial charge is 0.312 e. The molecule has 1 saturated heterocycles. The van der Waals surface area contributed by atoms with E-state index in [2.05, 4.69) is 51.8 Å². The van der Waals surface area contributed by atoms with Crippen LogP contribution in [0.3, 0.4) is 0 Å². The number of hydrogen-bond donors (Lipinski definition) is 1. The van der Waals surface area contributed by atoms with Gasteiger partial charge in [0.25, 0.3) is 0 Å². The van der Waals surface area contributed by atoms with Crippen LogP contribution in [0.15, 0.2) is 0 Å². The Morgan fingerprint density at radius 2 is 1.88 bits per heavy atom. The standard InChI is InChI=1S/C15H32N2/c1-12-8-10-17(11-13(12)2)14(3)7-9-16-15(4,5)6/h12-14,16H,7-11H2,1-6H3. The summed E-state index contributed by atoms with van der Waals surface area (Å²) >= 11 is 0. The minimum Gasteiger partial charge on any atom is -0.312 e. The van der Waals surface area contributed by atoms with Gasteiger partial charge in [0.05, 0.1) is 0 Å². The maximum Gasteiger partial charge on any atom is 0.00965 e. The molecule has 0 saturated carbocycles. The maximum absolute atomic E-state index is 3.59. The second-order valence-corrected chi connectivity index (χ2v) is 7.05. The molecule has 17 heavy (non-hydrogen) atoms. The van der Waals surface area contributed by atoms with Gasteiger partial charge in [0.15, 0.2) is 0 Å². The lowest BCUT2D eigenvalue weighted by atomic mass is 9.88. The Kier molecular flexibility index (Phi) is 5.46. The van der Waals surface area contributed by atoms with Gasteiger partial charge < -0.3 is 10.2 Å². The molecule has 3 unspecified atom stereocenters. The molecular formula is C15H32N2. The van der Waals surface area contributed by atoms with E-state index >= 15 is 0 Å². The van der Waals surface area contributed by atoms with Crippen LogP contribution < -0.4 is 5.32 Å². The highest BCUT2D eigenvalue weighted by Crippen LogP contribution is 2.24. The molecule has 0 aliphatic carbocycles. The van der Waals surface area contributed by atoms with Crippen LogP contribution in [0.4, 0.5) is 0 Å². The van der Waals surface area contributed by atoms with E-state index in [1.807, 2.05) is 0 Å². The summed E-state index contributed by atoms with van der Waals surface area (Å²) in [6.07, 6.45) is 2.64. The van der Waals surface area contributed by atoms with Crippen LogP contribution in [-0.4, -0.2) is 36.1 Å². The number of hydrogen-bond acceptors (Lipinski definition) is 2. The monoisotopic (exact) mass is 240 g/mol. The summed E-state index contributed by atoms with van der Waals surface area (Å²) in [5.41, 5.74) is 0.253. The van der Waals surface area contributed by atoms with E-state index in [9.17, 15) is 0 Å². The predicted molar refractivity (Wildman–Crippen MR) is 76.4 cm³/mol. The number of likely N-dealkylation sites (tertiary alicyclic amines) is 1. The van der Waals surface area contributed by atoms with Gasteiger partial charge in [-0.3, -0.25) is 0 Å². The zero-order valence-corrected chi connectivity index (χ0v) is 12.7. The number of nitrogens with zero attached hydrogens (tertiary/aromatic N) is 1. The Bertz CT molecular complexity index is 219. The quantitative estimate of drug-likeness (QED) is 0.812. The fourth-order valence-corrected chi connectivity index (χ4v) is 2.53. The molecule has 0 amide bonds. The highest BCUT2D eigenvalue weighted by Gasteiger charge is 2.25. The van der Waals surface area contributed by atoms with Gasteiger partial charge in [-0.25, -0.2) is 0 Å². The van der Waals surface area contributed by atoms with E-state index in [4.69, 9.17) is 0 Å². The molecule has 2 heteroatoms. The topological polar surface area (TPSA) is 15.3 Å². The first-order valence-corrected chi connectivity index (χ1v) is 7.28. The van der Waals surface area contributed by atoms with Gasteiger partial charge in [-0.05, 0) is 65.5 Å². The Hall–Kier alpha value is -0.0800. The zero-order valence-electron chi connectivity index (χ0n) is 12.7. The van der Waals surface area contributed by atoms with Gasteiger partial charge in [0, 0.05) is 18.1 Å². The van der Waals surface area contributed by atoms with Crippen LogP contribution in [0.1, 0.15) is 54.4 Å². The summed E-state index contributed by atoms with van der Waals surface area (Å²) in [5, 5.41) is 3.59. The third-order valence-corrected chi connectivity index (χ3v) is 4.21. The molecule has 1 fully saturated rings. The zero-order chi connectivity index (χ0) is 13.1. The van der Waals surface area contributed by atoms with Crippen molar-refractivity contribution >= 4 is 0 Å².